The second-order valence-electron chi connectivity index (χ2n) is 5.28. The van der Waals surface area contributed by atoms with Crippen molar-refractivity contribution in [3.63, 3.8) is 0 Å². The van der Waals surface area contributed by atoms with Gasteiger partial charge in [-0.2, -0.15) is 0 Å². The molecule has 0 fully saturated rings. The zero-order chi connectivity index (χ0) is 14.2. The summed E-state index contributed by atoms with van der Waals surface area (Å²) in [5, 5.41) is 6.06. The molecule has 1 aromatic carbocycles. The molecule has 20 heavy (non-hydrogen) atoms. The fourth-order valence-corrected chi connectivity index (χ4v) is 3.47. The number of nitrogens with one attached hydrogen (secondary N) is 1. The third-order valence-corrected chi connectivity index (χ3v) is 4.63. The molecule has 2 heteroatoms. The van der Waals surface area contributed by atoms with Gasteiger partial charge in [-0.3, -0.25) is 0 Å². The van der Waals surface area contributed by atoms with Gasteiger partial charge in [-0.1, -0.05) is 63.1 Å². The molecule has 1 aromatic heterocycles. The monoisotopic (exact) mass is 287 g/mol. The van der Waals surface area contributed by atoms with E-state index in [1.807, 2.05) is 11.3 Å². The Morgan fingerprint density at radius 2 is 1.60 bits per heavy atom. The number of hydrogen-bond donors (Lipinski definition) is 1. The van der Waals surface area contributed by atoms with E-state index in [9.17, 15) is 0 Å². The normalized spacial score (nSPS) is 14.1. The molecule has 2 unspecified atom stereocenters. The summed E-state index contributed by atoms with van der Waals surface area (Å²) in [6.07, 6.45) is 4.81. The van der Waals surface area contributed by atoms with Crippen molar-refractivity contribution in [2.45, 2.75) is 51.6 Å². The number of hydrogen-bond acceptors (Lipinski definition) is 2. The quantitative estimate of drug-likeness (QED) is 0.654. The highest BCUT2D eigenvalue weighted by atomic mass is 32.1. The summed E-state index contributed by atoms with van der Waals surface area (Å²) in [5.74, 6) is 0. The third kappa shape index (κ3) is 4.19. The summed E-state index contributed by atoms with van der Waals surface area (Å²) in [5.41, 5.74) is 1.41. The Balaban J connectivity index is 2.13. The van der Waals surface area contributed by atoms with E-state index in [0.29, 0.717) is 12.1 Å². The van der Waals surface area contributed by atoms with Gasteiger partial charge < -0.3 is 5.32 Å². The Morgan fingerprint density at radius 1 is 0.900 bits per heavy atom. The lowest BCUT2D eigenvalue weighted by Gasteiger charge is -2.25. The topological polar surface area (TPSA) is 12.0 Å². The van der Waals surface area contributed by atoms with E-state index in [-0.39, 0.29) is 0 Å². The summed E-state index contributed by atoms with van der Waals surface area (Å²) in [4.78, 5) is 1.46. The Labute approximate surface area is 127 Å². The van der Waals surface area contributed by atoms with Gasteiger partial charge in [0.05, 0.1) is 0 Å². The maximum atomic E-state index is 3.89. The standard InChI is InChI=1S/C18H25NS/c1-3-9-16(15-11-6-5-7-12-15)19-17(10-4-2)18-13-8-14-20-18/h5-8,11-14,16-17,19H,3-4,9-10H2,1-2H3. The van der Waals surface area contributed by atoms with Crippen LogP contribution in [0.2, 0.25) is 0 Å². The van der Waals surface area contributed by atoms with Crippen LogP contribution in [0.1, 0.15) is 62.1 Å². The van der Waals surface area contributed by atoms with Crippen molar-refractivity contribution >= 4 is 11.3 Å². The van der Waals surface area contributed by atoms with Crippen molar-refractivity contribution in [3.8, 4) is 0 Å². The van der Waals surface area contributed by atoms with Crippen LogP contribution < -0.4 is 5.32 Å². The molecule has 0 spiro atoms. The molecule has 108 valence electrons. The highest BCUT2D eigenvalue weighted by Gasteiger charge is 2.17. The average molecular weight is 287 g/mol. The Bertz CT molecular complexity index is 463. The smallest absolute Gasteiger partial charge is 0.0419 e. The molecule has 2 atom stereocenters. The molecule has 1 N–H and O–H groups in total. The maximum absolute atomic E-state index is 3.89. The molecule has 0 aliphatic carbocycles. The summed E-state index contributed by atoms with van der Waals surface area (Å²) in [7, 11) is 0. The van der Waals surface area contributed by atoms with Crippen LogP contribution in [0.25, 0.3) is 0 Å². The van der Waals surface area contributed by atoms with Crippen molar-refractivity contribution in [1.82, 2.24) is 5.32 Å². The Hall–Kier alpha value is -1.12. The van der Waals surface area contributed by atoms with Gasteiger partial charge in [0.1, 0.15) is 0 Å². The van der Waals surface area contributed by atoms with Crippen LogP contribution in [0.4, 0.5) is 0 Å². The van der Waals surface area contributed by atoms with Crippen molar-refractivity contribution in [1.29, 1.82) is 0 Å². The fraction of sp³-hybridized carbons (Fsp3) is 0.444. The molecule has 0 aliphatic rings. The van der Waals surface area contributed by atoms with E-state index in [4.69, 9.17) is 0 Å². The van der Waals surface area contributed by atoms with Gasteiger partial charge >= 0.3 is 0 Å². The lowest BCUT2D eigenvalue weighted by molar-refractivity contribution is 0.405. The number of rotatable bonds is 8. The van der Waals surface area contributed by atoms with Gasteiger partial charge in [-0.25, -0.2) is 0 Å². The van der Waals surface area contributed by atoms with Crippen LogP contribution >= 0.6 is 11.3 Å². The maximum Gasteiger partial charge on any atom is 0.0419 e. The van der Waals surface area contributed by atoms with Crippen LogP contribution in [0.5, 0.6) is 0 Å². The molecule has 1 heterocycles. The highest BCUT2D eigenvalue weighted by Crippen LogP contribution is 2.28. The van der Waals surface area contributed by atoms with E-state index in [2.05, 4.69) is 67.0 Å². The first-order valence-corrected chi connectivity index (χ1v) is 8.57. The van der Waals surface area contributed by atoms with Crippen LogP contribution in [0.3, 0.4) is 0 Å². The summed E-state index contributed by atoms with van der Waals surface area (Å²) < 4.78 is 0. The fourth-order valence-electron chi connectivity index (χ4n) is 2.65. The van der Waals surface area contributed by atoms with Gasteiger partial charge in [-0.15, -0.1) is 11.3 Å². The molecule has 1 nitrogen and oxygen atoms in total. The summed E-state index contributed by atoms with van der Waals surface area (Å²) in [6, 6.07) is 16.2. The molecule has 0 radical (unpaired) electrons. The van der Waals surface area contributed by atoms with Crippen molar-refractivity contribution < 1.29 is 0 Å². The number of benzene rings is 1. The lowest BCUT2D eigenvalue weighted by Crippen LogP contribution is -2.26. The molecule has 0 amide bonds. The molecule has 0 aliphatic heterocycles. The van der Waals surface area contributed by atoms with E-state index in [0.717, 1.165) is 0 Å². The first kappa shape index (κ1) is 15.3. The summed E-state index contributed by atoms with van der Waals surface area (Å²) in [6.45, 7) is 4.53. The van der Waals surface area contributed by atoms with Gasteiger partial charge in [0.15, 0.2) is 0 Å². The minimum atomic E-state index is 0.458. The minimum Gasteiger partial charge on any atom is -0.302 e. The largest absolute Gasteiger partial charge is 0.302 e. The zero-order valence-electron chi connectivity index (χ0n) is 12.5. The molecule has 0 saturated heterocycles. The first-order valence-electron chi connectivity index (χ1n) is 7.69. The lowest BCUT2D eigenvalue weighted by atomic mass is 10.00. The minimum absolute atomic E-state index is 0.458. The van der Waals surface area contributed by atoms with Gasteiger partial charge in [0.2, 0.25) is 0 Å². The predicted molar refractivity (Wildman–Crippen MR) is 89.2 cm³/mol. The zero-order valence-corrected chi connectivity index (χ0v) is 13.3. The van der Waals surface area contributed by atoms with Gasteiger partial charge in [0, 0.05) is 17.0 Å². The highest BCUT2D eigenvalue weighted by molar-refractivity contribution is 7.10. The summed E-state index contributed by atoms with van der Waals surface area (Å²) >= 11 is 1.86. The van der Waals surface area contributed by atoms with E-state index < -0.39 is 0 Å². The SMILES string of the molecule is CCCC(NC(CCC)c1cccs1)c1ccccc1. The van der Waals surface area contributed by atoms with E-state index >= 15 is 0 Å². The van der Waals surface area contributed by atoms with Crippen LogP contribution in [0, 0.1) is 0 Å². The van der Waals surface area contributed by atoms with E-state index in [1.54, 1.807) is 0 Å². The Morgan fingerprint density at radius 3 is 2.20 bits per heavy atom. The Kier molecular flexibility index (Phi) is 6.28. The van der Waals surface area contributed by atoms with Crippen molar-refractivity contribution in [2.24, 2.45) is 0 Å². The molecule has 2 aromatic rings. The first-order chi connectivity index (χ1) is 9.85. The number of thiophene rings is 1. The second-order valence-corrected chi connectivity index (χ2v) is 6.25. The molecule has 0 bridgehead atoms. The van der Waals surface area contributed by atoms with Crippen molar-refractivity contribution in [3.05, 3.63) is 58.3 Å². The molecular weight excluding hydrogens is 262 g/mol. The van der Waals surface area contributed by atoms with Gasteiger partial charge in [0.25, 0.3) is 0 Å². The van der Waals surface area contributed by atoms with Crippen LogP contribution in [0.15, 0.2) is 47.8 Å². The molecule has 2 rings (SSSR count). The second kappa shape index (κ2) is 8.23. The van der Waals surface area contributed by atoms with Crippen molar-refractivity contribution in [2.75, 3.05) is 0 Å². The van der Waals surface area contributed by atoms with Gasteiger partial charge in [-0.05, 0) is 29.9 Å². The third-order valence-electron chi connectivity index (χ3n) is 3.65. The predicted octanol–water partition coefficient (Wildman–Crippen LogP) is 5.72. The van der Waals surface area contributed by atoms with Crippen LogP contribution in [-0.2, 0) is 0 Å². The molecule has 0 saturated carbocycles. The van der Waals surface area contributed by atoms with Crippen LogP contribution in [-0.4, -0.2) is 0 Å². The average Bonchev–Trinajstić information content (AvgIpc) is 3.01. The van der Waals surface area contributed by atoms with E-state index in [1.165, 1.54) is 36.1 Å². The molecular formula is C18H25NS.